The number of aryl methyl sites for hydroxylation is 1. The van der Waals surface area contributed by atoms with Gasteiger partial charge in [-0.3, -0.25) is 0 Å². The van der Waals surface area contributed by atoms with Crippen molar-refractivity contribution in [3.63, 3.8) is 0 Å². The molecule has 1 atom stereocenters. The van der Waals surface area contributed by atoms with Crippen LogP contribution in [0.2, 0.25) is 0 Å². The largest absolute Gasteiger partial charge is 0.496 e. The molecular weight excluding hydrogens is 290 g/mol. The Morgan fingerprint density at radius 3 is 2.83 bits per heavy atom. The van der Waals surface area contributed by atoms with E-state index >= 15 is 0 Å². The Hall–Kier alpha value is -2.14. The average molecular weight is 313 g/mol. The first-order valence-electron chi connectivity index (χ1n) is 7.96. The Balaban J connectivity index is 1.95. The van der Waals surface area contributed by atoms with Crippen LogP contribution in [0.1, 0.15) is 36.0 Å². The van der Waals surface area contributed by atoms with Crippen LogP contribution in [-0.2, 0) is 11.3 Å². The number of para-hydroxylation sites is 1. The Morgan fingerprint density at radius 1 is 1.22 bits per heavy atom. The summed E-state index contributed by atoms with van der Waals surface area (Å²) in [6, 6.07) is 10.6. The summed E-state index contributed by atoms with van der Waals surface area (Å²) >= 11 is 0. The molecule has 23 heavy (non-hydrogen) atoms. The van der Waals surface area contributed by atoms with E-state index in [1.54, 1.807) is 14.2 Å². The predicted octanol–water partition coefficient (Wildman–Crippen LogP) is 3.28. The fourth-order valence-corrected chi connectivity index (χ4v) is 3.26. The number of aromatic nitrogens is 2. The second kappa shape index (κ2) is 6.96. The number of anilines is 1. The van der Waals surface area contributed by atoms with Crippen molar-refractivity contribution in [2.24, 2.45) is 0 Å². The number of ether oxygens (including phenoxy) is 2. The minimum Gasteiger partial charge on any atom is -0.496 e. The molecule has 3 rings (SSSR count). The van der Waals surface area contributed by atoms with E-state index in [4.69, 9.17) is 9.47 Å². The highest BCUT2D eigenvalue weighted by Crippen LogP contribution is 2.39. The number of hydrogen-bond donors (Lipinski definition) is 0. The van der Waals surface area contributed by atoms with E-state index in [9.17, 15) is 0 Å². The lowest BCUT2D eigenvalue weighted by Crippen LogP contribution is -2.24. The molecule has 2 aromatic rings. The van der Waals surface area contributed by atoms with E-state index in [2.05, 4.69) is 27.0 Å². The topological polar surface area (TPSA) is 47.5 Å². The van der Waals surface area contributed by atoms with Gasteiger partial charge in [-0.05, 0) is 25.8 Å². The SMILES string of the molecule is COCc1nc(C)cc(N2CCCC2c2ccccc2OC)n1. The minimum absolute atomic E-state index is 0.288. The third-order valence-electron chi connectivity index (χ3n) is 4.21. The van der Waals surface area contributed by atoms with Gasteiger partial charge in [0.05, 0.1) is 13.2 Å². The third-order valence-corrected chi connectivity index (χ3v) is 4.21. The minimum atomic E-state index is 0.288. The van der Waals surface area contributed by atoms with Gasteiger partial charge in [0, 0.05) is 31.0 Å². The van der Waals surface area contributed by atoms with Crippen LogP contribution >= 0.6 is 0 Å². The van der Waals surface area contributed by atoms with E-state index in [0.717, 1.165) is 42.5 Å². The standard InChI is InChI=1S/C18H23N3O2/c1-13-11-18(20-17(19-13)12-22-2)21-10-6-8-15(21)14-7-4-5-9-16(14)23-3/h4-5,7,9,11,15H,6,8,10,12H2,1-3H3. The molecule has 0 N–H and O–H groups in total. The highest BCUT2D eigenvalue weighted by Gasteiger charge is 2.29. The molecule has 0 saturated carbocycles. The van der Waals surface area contributed by atoms with E-state index < -0.39 is 0 Å². The molecule has 5 nitrogen and oxygen atoms in total. The first-order chi connectivity index (χ1) is 11.2. The molecule has 1 aromatic carbocycles. The maximum atomic E-state index is 5.55. The van der Waals surface area contributed by atoms with Crippen LogP contribution in [0, 0.1) is 6.92 Å². The Bertz CT molecular complexity index is 675. The Kier molecular flexibility index (Phi) is 4.76. The van der Waals surface area contributed by atoms with Crippen LogP contribution < -0.4 is 9.64 Å². The molecule has 0 amide bonds. The van der Waals surface area contributed by atoms with Gasteiger partial charge in [-0.1, -0.05) is 18.2 Å². The van der Waals surface area contributed by atoms with Gasteiger partial charge < -0.3 is 14.4 Å². The van der Waals surface area contributed by atoms with Crippen LogP contribution in [0.15, 0.2) is 30.3 Å². The van der Waals surface area contributed by atoms with E-state index in [1.165, 1.54) is 5.56 Å². The zero-order valence-corrected chi connectivity index (χ0v) is 14.0. The van der Waals surface area contributed by atoms with Gasteiger partial charge in [0.2, 0.25) is 0 Å². The molecule has 122 valence electrons. The van der Waals surface area contributed by atoms with Crippen LogP contribution in [0.4, 0.5) is 5.82 Å². The molecule has 1 fully saturated rings. The molecule has 0 radical (unpaired) electrons. The van der Waals surface area contributed by atoms with Crippen molar-refractivity contribution >= 4 is 5.82 Å². The molecule has 1 aliphatic heterocycles. The highest BCUT2D eigenvalue weighted by molar-refractivity contribution is 5.48. The molecule has 1 aliphatic rings. The number of nitrogens with zero attached hydrogens (tertiary/aromatic N) is 3. The summed E-state index contributed by atoms with van der Waals surface area (Å²) in [4.78, 5) is 11.5. The summed E-state index contributed by atoms with van der Waals surface area (Å²) < 4.78 is 10.7. The quantitative estimate of drug-likeness (QED) is 0.848. The van der Waals surface area contributed by atoms with E-state index in [1.807, 2.05) is 25.1 Å². The molecule has 0 bridgehead atoms. The first kappa shape index (κ1) is 15.7. The van der Waals surface area contributed by atoms with Gasteiger partial charge in [-0.15, -0.1) is 0 Å². The molecule has 5 heteroatoms. The number of benzene rings is 1. The number of rotatable bonds is 5. The lowest BCUT2D eigenvalue weighted by atomic mass is 10.0. The molecule has 0 spiro atoms. The first-order valence-corrected chi connectivity index (χ1v) is 7.96. The van der Waals surface area contributed by atoms with Gasteiger partial charge in [-0.25, -0.2) is 9.97 Å². The highest BCUT2D eigenvalue weighted by atomic mass is 16.5. The Morgan fingerprint density at radius 2 is 2.04 bits per heavy atom. The van der Waals surface area contributed by atoms with Crippen LogP contribution in [0.5, 0.6) is 5.75 Å². The molecule has 1 unspecified atom stereocenters. The van der Waals surface area contributed by atoms with Crippen LogP contribution in [0.25, 0.3) is 0 Å². The van der Waals surface area contributed by atoms with Gasteiger partial charge in [0.1, 0.15) is 18.2 Å². The Labute approximate surface area is 137 Å². The predicted molar refractivity (Wildman–Crippen MR) is 89.8 cm³/mol. The lowest BCUT2D eigenvalue weighted by Gasteiger charge is -2.27. The summed E-state index contributed by atoms with van der Waals surface area (Å²) in [6.45, 7) is 3.42. The zero-order valence-electron chi connectivity index (χ0n) is 14.0. The van der Waals surface area contributed by atoms with Crippen molar-refractivity contribution < 1.29 is 9.47 Å². The van der Waals surface area contributed by atoms with Crippen molar-refractivity contribution in [1.29, 1.82) is 0 Å². The summed E-state index contributed by atoms with van der Waals surface area (Å²) in [5.41, 5.74) is 2.18. The smallest absolute Gasteiger partial charge is 0.156 e. The monoisotopic (exact) mass is 313 g/mol. The van der Waals surface area contributed by atoms with Crippen molar-refractivity contribution in [2.45, 2.75) is 32.4 Å². The lowest BCUT2D eigenvalue weighted by molar-refractivity contribution is 0.177. The van der Waals surface area contributed by atoms with Crippen molar-refractivity contribution in [2.75, 3.05) is 25.7 Å². The number of methoxy groups -OCH3 is 2. The van der Waals surface area contributed by atoms with Crippen molar-refractivity contribution in [3.8, 4) is 5.75 Å². The molecule has 2 heterocycles. The summed E-state index contributed by atoms with van der Waals surface area (Å²) in [5, 5.41) is 0. The maximum absolute atomic E-state index is 5.55. The van der Waals surface area contributed by atoms with E-state index in [-0.39, 0.29) is 6.04 Å². The third kappa shape index (κ3) is 3.29. The second-order valence-electron chi connectivity index (χ2n) is 5.81. The van der Waals surface area contributed by atoms with Crippen LogP contribution in [-0.4, -0.2) is 30.7 Å². The van der Waals surface area contributed by atoms with Crippen LogP contribution in [0.3, 0.4) is 0 Å². The van der Waals surface area contributed by atoms with Gasteiger partial charge in [-0.2, -0.15) is 0 Å². The summed E-state index contributed by atoms with van der Waals surface area (Å²) in [6.07, 6.45) is 2.24. The molecule has 1 saturated heterocycles. The summed E-state index contributed by atoms with van der Waals surface area (Å²) in [5.74, 6) is 2.64. The second-order valence-corrected chi connectivity index (χ2v) is 5.81. The van der Waals surface area contributed by atoms with Crippen molar-refractivity contribution in [1.82, 2.24) is 9.97 Å². The zero-order chi connectivity index (χ0) is 16.2. The molecular formula is C18H23N3O2. The maximum Gasteiger partial charge on any atom is 0.156 e. The normalized spacial score (nSPS) is 17.5. The van der Waals surface area contributed by atoms with Crippen molar-refractivity contribution in [3.05, 3.63) is 47.4 Å². The molecule has 0 aliphatic carbocycles. The fraction of sp³-hybridized carbons (Fsp3) is 0.444. The molecule has 1 aromatic heterocycles. The van der Waals surface area contributed by atoms with Gasteiger partial charge in [0.15, 0.2) is 5.82 Å². The van der Waals surface area contributed by atoms with Gasteiger partial charge >= 0.3 is 0 Å². The number of hydrogen-bond acceptors (Lipinski definition) is 5. The fourth-order valence-electron chi connectivity index (χ4n) is 3.26. The average Bonchev–Trinajstić information content (AvgIpc) is 3.04. The van der Waals surface area contributed by atoms with Gasteiger partial charge in [0.25, 0.3) is 0 Å². The van der Waals surface area contributed by atoms with E-state index in [0.29, 0.717) is 6.61 Å². The summed E-state index contributed by atoms with van der Waals surface area (Å²) in [7, 11) is 3.39.